The first kappa shape index (κ1) is 13.8. The number of fused-ring (bicyclic) bond motifs is 1. The van der Waals surface area contributed by atoms with Gasteiger partial charge in [-0.2, -0.15) is 5.26 Å². The zero-order chi connectivity index (χ0) is 14.7. The van der Waals surface area contributed by atoms with Gasteiger partial charge in [0.2, 0.25) is 5.91 Å². The van der Waals surface area contributed by atoms with Crippen molar-refractivity contribution in [1.82, 2.24) is 4.90 Å². The van der Waals surface area contributed by atoms with Crippen molar-refractivity contribution in [3.05, 3.63) is 57.3 Å². The quantitative estimate of drug-likeness (QED) is 0.873. The van der Waals surface area contributed by atoms with Crippen LogP contribution in [-0.2, 0) is 24.2 Å². The van der Waals surface area contributed by atoms with Crippen LogP contribution in [0.1, 0.15) is 28.0 Å². The summed E-state index contributed by atoms with van der Waals surface area (Å²) >= 11 is 1.79. The molecule has 106 valence electrons. The summed E-state index contributed by atoms with van der Waals surface area (Å²) in [6.07, 6.45) is 2.25. The fraction of sp³-hybridized carbons (Fsp3) is 0.294. The van der Waals surface area contributed by atoms with Gasteiger partial charge in [-0.1, -0.05) is 12.1 Å². The van der Waals surface area contributed by atoms with Gasteiger partial charge in [-0.15, -0.1) is 11.3 Å². The zero-order valence-electron chi connectivity index (χ0n) is 11.7. The number of carbonyl (C=O) groups is 1. The number of amides is 1. The highest BCUT2D eigenvalue weighted by molar-refractivity contribution is 7.10. The average Bonchev–Trinajstić information content (AvgIpc) is 3.00. The van der Waals surface area contributed by atoms with Gasteiger partial charge in [-0.25, -0.2) is 0 Å². The van der Waals surface area contributed by atoms with Crippen LogP contribution in [0.5, 0.6) is 0 Å². The van der Waals surface area contributed by atoms with Gasteiger partial charge in [-0.3, -0.25) is 4.79 Å². The molecule has 21 heavy (non-hydrogen) atoms. The van der Waals surface area contributed by atoms with Crippen molar-refractivity contribution < 1.29 is 4.79 Å². The van der Waals surface area contributed by atoms with E-state index >= 15 is 0 Å². The van der Waals surface area contributed by atoms with Crippen LogP contribution < -0.4 is 0 Å². The molecule has 0 atom stereocenters. The van der Waals surface area contributed by atoms with Crippen LogP contribution in [0.15, 0.2) is 35.7 Å². The molecule has 0 aliphatic carbocycles. The number of aryl methyl sites for hydroxylation is 1. The van der Waals surface area contributed by atoms with Crippen LogP contribution in [0.2, 0.25) is 0 Å². The third kappa shape index (κ3) is 3.14. The van der Waals surface area contributed by atoms with E-state index in [-0.39, 0.29) is 5.91 Å². The van der Waals surface area contributed by atoms with Crippen molar-refractivity contribution in [1.29, 1.82) is 5.26 Å². The molecule has 0 saturated carbocycles. The number of hydrogen-bond acceptors (Lipinski definition) is 3. The molecule has 2 aromatic rings. The van der Waals surface area contributed by atoms with E-state index < -0.39 is 0 Å². The number of thiophene rings is 1. The Morgan fingerprint density at radius 1 is 1.29 bits per heavy atom. The summed E-state index contributed by atoms with van der Waals surface area (Å²) in [5, 5.41) is 10.9. The van der Waals surface area contributed by atoms with E-state index in [0.717, 1.165) is 31.5 Å². The first-order valence-corrected chi connectivity index (χ1v) is 7.96. The largest absolute Gasteiger partial charge is 0.338 e. The Morgan fingerprint density at radius 3 is 2.86 bits per heavy atom. The minimum Gasteiger partial charge on any atom is -0.338 e. The number of nitriles is 1. The fourth-order valence-electron chi connectivity index (χ4n) is 2.62. The Kier molecular flexibility index (Phi) is 4.03. The molecule has 1 aliphatic heterocycles. The molecule has 3 nitrogen and oxygen atoms in total. The molecule has 3 rings (SSSR count). The van der Waals surface area contributed by atoms with Crippen LogP contribution in [0.3, 0.4) is 0 Å². The molecular weight excluding hydrogens is 280 g/mol. The van der Waals surface area contributed by atoms with Crippen LogP contribution >= 0.6 is 11.3 Å². The minimum absolute atomic E-state index is 0.219. The summed E-state index contributed by atoms with van der Waals surface area (Å²) in [5.74, 6) is 0.219. The van der Waals surface area contributed by atoms with Crippen molar-refractivity contribution in [2.75, 3.05) is 6.54 Å². The second-order valence-corrected chi connectivity index (χ2v) is 6.24. The van der Waals surface area contributed by atoms with Crippen molar-refractivity contribution in [3.8, 4) is 6.07 Å². The van der Waals surface area contributed by atoms with E-state index in [1.165, 1.54) is 10.4 Å². The Labute approximate surface area is 128 Å². The van der Waals surface area contributed by atoms with Crippen LogP contribution in [-0.4, -0.2) is 17.4 Å². The van der Waals surface area contributed by atoms with E-state index in [2.05, 4.69) is 17.5 Å². The summed E-state index contributed by atoms with van der Waals surface area (Å²) in [6.45, 7) is 1.59. The van der Waals surface area contributed by atoms with Gasteiger partial charge in [-0.05, 0) is 47.5 Å². The van der Waals surface area contributed by atoms with E-state index in [4.69, 9.17) is 5.26 Å². The fourth-order valence-corrected chi connectivity index (χ4v) is 3.51. The maximum Gasteiger partial charge on any atom is 0.223 e. The van der Waals surface area contributed by atoms with Gasteiger partial charge in [0.25, 0.3) is 0 Å². The Balaban J connectivity index is 1.56. The first-order chi connectivity index (χ1) is 10.3. The van der Waals surface area contributed by atoms with E-state index in [1.54, 1.807) is 23.5 Å². The molecule has 0 fully saturated rings. The van der Waals surface area contributed by atoms with Gasteiger partial charge in [0.1, 0.15) is 0 Å². The van der Waals surface area contributed by atoms with Gasteiger partial charge < -0.3 is 4.90 Å². The second kappa shape index (κ2) is 6.11. The molecule has 2 heterocycles. The monoisotopic (exact) mass is 296 g/mol. The van der Waals surface area contributed by atoms with Crippen LogP contribution in [0.25, 0.3) is 0 Å². The smallest absolute Gasteiger partial charge is 0.223 e. The molecule has 0 saturated heterocycles. The Bertz CT molecular complexity index is 682. The summed E-state index contributed by atoms with van der Waals surface area (Å²) in [4.78, 5) is 15.7. The number of nitrogens with zero attached hydrogens (tertiary/aromatic N) is 2. The third-order valence-electron chi connectivity index (χ3n) is 3.87. The summed E-state index contributed by atoms with van der Waals surface area (Å²) in [7, 11) is 0. The molecule has 0 unspecified atom stereocenters. The lowest BCUT2D eigenvalue weighted by Gasteiger charge is -2.27. The predicted octanol–water partition coefficient (Wildman–Crippen LogP) is 3.14. The molecule has 0 bridgehead atoms. The van der Waals surface area contributed by atoms with E-state index in [1.807, 2.05) is 17.0 Å². The predicted molar refractivity (Wildman–Crippen MR) is 82.9 cm³/mol. The highest BCUT2D eigenvalue weighted by atomic mass is 32.1. The normalized spacial score (nSPS) is 13.6. The van der Waals surface area contributed by atoms with Crippen LogP contribution in [0, 0.1) is 11.3 Å². The van der Waals surface area contributed by atoms with E-state index in [0.29, 0.717) is 12.0 Å². The zero-order valence-corrected chi connectivity index (χ0v) is 12.5. The Hall–Kier alpha value is -2.12. The van der Waals surface area contributed by atoms with Gasteiger partial charge in [0.15, 0.2) is 0 Å². The summed E-state index contributed by atoms with van der Waals surface area (Å²) < 4.78 is 0. The molecular formula is C17H16N2OS. The Morgan fingerprint density at radius 2 is 2.10 bits per heavy atom. The molecule has 1 amide bonds. The second-order valence-electron chi connectivity index (χ2n) is 5.24. The third-order valence-corrected chi connectivity index (χ3v) is 4.89. The highest BCUT2D eigenvalue weighted by Gasteiger charge is 2.20. The summed E-state index contributed by atoms with van der Waals surface area (Å²) in [5.41, 5.74) is 3.07. The molecule has 0 spiro atoms. The average molecular weight is 296 g/mol. The lowest BCUT2D eigenvalue weighted by atomic mass is 10.1. The summed E-state index contributed by atoms with van der Waals surface area (Å²) in [6, 6.07) is 11.7. The SMILES string of the molecule is N#Cc1ccc(CCC(=O)N2CCc3sccc3C2)cc1. The molecule has 1 aliphatic rings. The van der Waals surface area contributed by atoms with Gasteiger partial charge in [0, 0.05) is 24.4 Å². The van der Waals surface area contributed by atoms with Crippen molar-refractivity contribution in [2.24, 2.45) is 0 Å². The maximum atomic E-state index is 12.3. The van der Waals surface area contributed by atoms with Crippen LogP contribution in [0.4, 0.5) is 0 Å². The van der Waals surface area contributed by atoms with E-state index in [9.17, 15) is 4.79 Å². The minimum atomic E-state index is 0.219. The lowest BCUT2D eigenvalue weighted by Crippen LogP contribution is -2.35. The molecule has 4 heteroatoms. The number of hydrogen-bond donors (Lipinski definition) is 0. The molecule has 1 aromatic heterocycles. The van der Waals surface area contributed by atoms with Gasteiger partial charge in [0.05, 0.1) is 11.6 Å². The highest BCUT2D eigenvalue weighted by Crippen LogP contribution is 2.24. The van der Waals surface area contributed by atoms with Gasteiger partial charge >= 0.3 is 0 Å². The first-order valence-electron chi connectivity index (χ1n) is 7.08. The van der Waals surface area contributed by atoms with Crippen molar-refractivity contribution in [2.45, 2.75) is 25.8 Å². The number of rotatable bonds is 3. The lowest BCUT2D eigenvalue weighted by molar-refractivity contribution is -0.132. The molecule has 1 aromatic carbocycles. The van der Waals surface area contributed by atoms with Crippen molar-refractivity contribution in [3.63, 3.8) is 0 Å². The standard InChI is InChI=1S/C17H16N2OS/c18-11-14-3-1-13(2-4-14)5-6-17(20)19-9-7-16-15(12-19)8-10-21-16/h1-4,8,10H,5-7,9,12H2. The maximum absolute atomic E-state index is 12.3. The molecule has 0 N–H and O–H groups in total. The number of carbonyl (C=O) groups excluding carboxylic acids is 1. The molecule has 0 radical (unpaired) electrons. The van der Waals surface area contributed by atoms with Crippen molar-refractivity contribution >= 4 is 17.2 Å². The number of benzene rings is 1. The topological polar surface area (TPSA) is 44.1 Å².